The lowest BCUT2D eigenvalue weighted by Gasteiger charge is -2.12. The molecule has 168 valence electrons. The number of H-pyrrole nitrogens is 1. The average molecular weight is 477 g/mol. The number of aliphatic hydroxyl groups is 2. The zero-order chi connectivity index (χ0) is 23.4. The summed E-state index contributed by atoms with van der Waals surface area (Å²) in [4.78, 5) is 32.8. The first kappa shape index (κ1) is 23.4. The second-order valence-corrected chi connectivity index (χ2v) is 8.03. The molecule has 0 saturated heterocycles. The number of halogens is 1. The van der Waals surface area contributed by atoms with Crippen molar-refractivity contribution >= 4 is 51.4 Å². The number of aromatic nitrogens is 2. The quantitative estimate of drug-likeness (QED) is 0.224. The number of aliphatic hydroxyl groups excluding tert-OH is 2. The molecule has 0 spiro atoms. The zero-order valence-electron chi connectivity index (χ0n) is 17.1. The van der Waals surface area contributed by atoms with Crippen LogP contribution in [0.25, 0.3) is 0 Å². The molecular weight excluding hydrogens is 456 g/mol. The van der Waals surface area contributed by atoms with E-state index in [1.165, 1.54) is 6.20 Å². The minimum absolute atomic E-state index is 0.0120. The van der Waals surface area contributed by atoms with E-state index < -0.39 is 18.4 Å². The van der Waals surface area contributed by atoms with E-state index in [4.69, 9.17) is 22.4 Å². The number of carbonyl (C=O) groups is 1. The normalized spacial score (nSPS) is 12.5. The smallest absolute Gasteiger partial charge is 0.271 e. The highest BCUT2D eigenvalue weighted by Gasteiger charge is 2.18. The molecule has 32 heavy (non-hydrogen) atoms. The molecule has 3 aromatic rings. The van der Waals surface area contributed by atoms with Crippen LogP contribution in [0, 0.1) is 13.8 Å². The Bertz CT molecular complexity index is 1220. The van der Waals surface area contributed by atoms with Gasteiger partial charge in [-0.3, -0.25) is 14.0 Å². The van der Waals surface area contributed by atoms with Gasteiger partial charge in [0.05, 0.1) is 22.9 Å². The molecule has 0 fully saturated rings. The molecule has 3 rings (SSSR count). The Kier molecular flexibility index (Phi) is 7.26. The predicted molar refractivity (Wildman–Crippen MR) is 125 cm³/mol. The molecule has 0 radical (unpaired) electrons. The van der Waals surface area contributed by atoms with Crippen LogP contribution in [-0.2, 0) is 0 Å². The summed E-state index contributed by atoms with van der Waals surface area (Å²) in [6.07, 6.45) is -0.0385. The first-order chi connectivity index (χ1) is 15.2. The fourth-order valence-corrected chi connectivity index (χ4v) is 3.86. The number of anilines is 3. The highest BCUT2D eigenvalue weighted by Crippen LogP contribution is 2.27. The number of rotatable bonds is 7. The molecule has 10 nitrogen and oxygen atoms in total. The van der Waals surface area contributed by atoms with E-state index in [1.807, 2.05) is 13.0 Å². The fraction of sp³-hybridized carbons (Fsp3) is 0.200. The molecule has 1 unspecified atom stereocenters. The Balaban J connectivity index is 1.83. The number of hydrogen-bond donors (Lipinski definition) is 6. The van der Waals surface area contributed by atoms with Gasteiger partial charge in [-0.2, -0.15) is 0 Å². The minimum Gasteiger partial charge on any atom is -0.392 e. The molecule has 1 aromatic carbocycles. The van der Waals surface area contributed by atoms with Gasteiger partial charge in [-0.05, 0) is 48.6 Å². The molecule has 0 bridgehead atoms. The lowest BCUT2D eigenvalue weighted by molar-refractivity contribution is 0.102. The highest BCUT2D eigenvalue weighted by molar-refractivity contribution is 7.10. The maximum atomic E-state index is 12.7. The lowest BCUT2D eigenvalue weighted by Crippen LogP contribution is -2.25. The Morgan fingerprint density at radius 2 is 2.12 bits per heavy atom. The van der Waals surface area contributed by atoms with Gasteiger partial charge < -0.3 is 26.6 Å². The van der Waals surface area contributed by atoms with Gasteiger partial charge in [-0.25, -0.2) is 9.98 Å². The predicted octanol–water partition coefficient (Wildman–Crippen LogP) is 2.11. The Morgan fingerprint density at radius 1 is 1.38 bits per heavy atom. The van der Waals surface area contributed by atoms with Crippen LogP contribution in [0.2, 0.25) is 5.02 Å². The van der Waals surface area contributed by atoms with Gasteiger partial charge in [0.2, 0.25) is 0 Å². The topological polar surface area (TPSA) is 166 Å². The van der Waals surface area contributed by atoms with Crippen molar-refractivity contribution in [3.63, 3.8) is 0 Å². The van der Waals surface area contributed by atoms with Crippen molar-refractivity contribution < 1.29 is 15.0 Å². The van der Waals surface area contributed by atoms with Crippen molar-refractivity contribution in [2.75, 3.05) is 17.2 Å². The van der Waals surface area contributed by atoms with E-state index in [1.54, 1.807) is 25.1 Å². The van der Waals surface area contributed by atoms with Gasteiger partial charge in [0.15, 0.2) is 6.23 Å². The molecular formula is C20H21ClN6O4S. The molecule has 1 amide bonds. The maximum absolute atomic E-state index is 12.7. The molecule has 7 N–H and O–H groups in total. The number of nitrogens with two attached hydrogens (primary N) is 1. The standard InChI is InChI=1S/C20H21ClN6O4S/c1-9-4-3-5-12(21)16(9)26-18(30)11-7-23-13(6-10(11)2)24-20-15(19(31)27-32-20)17(22)25-14(29)8-28/h3-7,14,28-29H,8H2,1-2H3,(H2,22,25)(H,23,24)(H,26,30)(H,27,31). The van der Waals surface area contributed by atoms with Crippen LogP contribution in [0.15, 0.2) is 40.2 Å². The summed E-state index contributed by atoms with van der Waals surface area (Å²) in [5.74, 6) is -0.238. The third-order valence-electron chi connectivity index (χ3n) is 4.46. The van der Waals surface area contributed by atoms with Gasteiger partial charge in [0.1, 0.15) is 22.2 Å². The number of nitrogens with zero attached hydrogens (tertiary/aromatic N) is 2. The summed E-state index contributed by atoms with van der Waals surface area (Å²) in [7, 11) is 0. The summed E-state index contributed by atoms with van der Waals surface area (Å²) < 4.78 is 2.53. The number of nitrogens with one attached hydrogen (secondary N) is 3. The summed E-state index contributed by atoms with van der Waals surface area (Å²) >= 11 is 7.15. The largest absolute Gasteiger partial charge is 0.392 e. The zero-order valence-corrected chi connectivity index (χ0v) is 18.7. The second-order valence-electron chi connectivity index (χ2n) is 6.81. The van der Waals surface area contributed by atoms with Gasteiger partial charge >= 0.3 is 0 Å². The van der Waals surface area contributed by atoms with Crippen molar-refractivity contribution in [1.82, 2.24) is 9.36 Å². The SMILES string of the molecule is Cc1cc(Nc2s[nH]c(=O)c2/C(N)=N/C(O)CO)ncc1C(=O)Nc1c(C)cccc1Cl. The number of aliphatic imine (C=N–C) groups is 1. The molecule has 2 heterocycles. The average Bonchev–Trinajstić information content (AvgIpc) is 3.10. The van der Waals surface area contributed by atoms with Crippen LogP contribution in [0.5, 0.6) is 0 Å². The third-order valence-corrected chi connectivity index (χ3v) is 5.58. The molecule has 1 atom stereocenters. The molecule has 0 aliphatic heterocycles. The summed E-state index contributed by atoms with van der Waals surface area (Å²) in [6, 6.07) is 6.97. The Labute approximate surface area is 192 Å². The first-order valence-corrected chi connectivity index (χ1v) is 10.5. The summed E-state index contributed by atoms with van der Waals surface area (Å²) in [5, 5.41) is 24.9. The number of carbonyl (C=O) groups excluding carboxylic acids is 1. The third kappa shape index (κ3) is 5.14. The lowest BCUT2D eigenvalue weighted by atomic mass is 10.1. The summed E-state index contributed by atoms with van der Waals surface area (Å²) in [6.45, 7) is 2.95. The van der Waals surface area contributed by atoms with Gasteiger partial charge in [-0.15, -0.1) is 0 Å². The van der Waals surface area contributed by atoms with Crippen LogP contribution in [0.1, 0.15) is 27.0 Å². The molecule has 0 saturated carbocycles. The van der Waals surface area contributed by atoms with Crippen LogP contribution in [0.3, 0.4) is 0 Å². The van der Waals surface area contributed by atoms with Gasteiger partial charge in [0, 0.05) is 6.20 Å². The second kappa shape index (κ2) is 9.92. The number of amides is 1. The fourth-order valence-electron chi connectivity index (χ4n) is 2.84. The number of aryl methyl sites for hydroxylation is 2. The van der Waals surface area contributed by atoms with E-state index in [9.17, 15) is 14.7 Å². The maximum Gasteiger partial charge on any atom is 0.271 e. The first-order valence-electron chi connectivity index (χ1n) is 9.35. The summed E-state index contributed by atoms with van der Waals surface area (Å²) in [5.41, 5.74) is 7.65. The van der Waals surface area contributed by atoms with Crippen LogP contribution in [0.4, 0.5) is 16.5 Å². The van der Waals surface area contributed by atoms with E-state index in [0.29, 0.717) is 32.7 Å². The monoisotopic (exact) mass is 476 g/mol. The number of hydrogen-bond acceptors (Lipinski definition) is 8. The number of amidine groups is 1. The van der Waals surface area contributed by atoms with Crippen molar-refractivity contribution in [1.29, 1.82) is 0 Å². The number of aromatic amines is 1. The van der Waals surface area contributed by atoms with Gasteiger partial charge in [0.25, 0.3) is 11.5 Å². The van der Waals surface area contributed by atoms with Gasteiger partial charge in [-0.1, -0.05) is 23.7 Å². The van der Waals surface area contributed by atoms with E-state index in [-0.39, 0.29) is 17.3 Å². The number of pyridine rings is 1. The minimum atomic E-state index is -1.44. The number of para-hydroxylation sites is 1. The Hall–Kier alpha value is -3.25. The molecule has 12 heteroatoms. The molecule has 0 aliphatic carbocycles. The van der Waals surface area contributed by atoms with Crippen LogP contribution >= 0.6 is 23.1 Å². The van der Waals surface area contributed by atoms with Crippen molar-refractivity contribution in [3.05, 3.63) is 68.1 Å². The van der Waals surface area contributed by atoms with Crippen molar-refractivity contribution in [2.45, 2.75) is 20.1 Å². The van der Waals surface area contributed by atoms with E-state index in [2.05, 4.69) is 25.0 Å². The molecule has 0 aliphatic rings. The Morgan fingerprint density at radius 3 is 2.78 bits per heavy atom. The van der Waals surface area contributed by atoms with E-state index >= 15 is 0 Å². The van der Waals surface area contributed by atoms with Crippen molar-refractivity contribution in [2.24, 2.45) is 10.7 Å². The van der Waals surface area contributed by atoms with Crippen LogP contribution in [-0.4, -0.2) is 44.1 Å². The van der Waals surface area contributed by atoms with E-state index in [0.717, 1.165) is 17.1 Å². The van der Waals surface area contributed by atoms with Crippen LogP contribution < -0.4 is 21.9 Å². The highest BCUT2D eigenvalue weighted by atomic mass is 35.5. The van der Waals surface area contributed by atoms with Crippen molar-refractivity contribution in [3.8, 4) is 0 Å². The molecule has 2 aromatic heterocycles. The number of benzene rings is 1.